The van der Waals surface area contributed by atoms with Crippen molar-refractivity contribution in [2.75, 3.05) is 0 Å². The predicted molar refractivity (Wildman–Crippen MR) is 60.9 cm³/mol. The monoisotopic (exact) mass is 229 g/mol. The molecule has 2 rings (SSSR count). The van der Waals surface area contributed by atoms with Crippen LogP contribution >= 0.6 is 11.3 Å². The van der Waals surface area contributed by atoms with Crippen LogP contribution in [0, 0.1) is 11.3 Å². The second-order valence-electron chi connectivity index (χ2n) is 2.99. The van der Waals surface area contributed by atoms with Crippen molar-refractivity contribution in [3.63, 3.8) is 0 Å². The lowest BCUT2D eigenvalue weighted by Gasteiger charge is -1.93. The lowest BCUT2D eigenvalue weighted by molar-refractivity contribution is 0.104. The molecule has 3 nitrogen and oxygen atoms in total. The molecule has 0 amide bonds. The summed E-state index contributed by atoms with van der Waals surface area (Å²) in [6, 6.07) is 8.76. The molecule has 0 aliphatic rings. The first kappa shape index (κ1) is 10.4. The Hall–Kier alpha value is -2.12. The molecule has 0 saturated carbocycles. The number of allylic oxidation sites excluding steroid dienone is 1. The Labute approximate surface area is 96.2 Å². The molecule has 78 valence electrons. The smallest absolute Gasteiger partial charge is 0.213 e. The average molecular weight is 229 g/mol. The van der Waals surface area contributed by atoms with E-state index in [-0.39, 0.29) is 11.4 Å². The quantitative estimate of drug-likeness (QED) is 0.461. The van der Waals surface area contributed by atoms with E-state index < -0.39 is 0 Å². The minimum absolute atomic E-state index is 0.0809. The fourth-order valence-electron chi connectivity index (χ4n) is 1.20. The maximum atomic E-state index is 11.8. The number of hydrogen-bond donors (Lipinski definition) is 0. The molecule has 0 aromatic carbocycles. The van der Waals surface area contributed by atoms with E-state index in [1.807, 2.05) is 6.07 Å². The third-order valence-corrected chi connectivity index (χ3v) is 2.81. The van der Waals surface area contributed by atoms with Crippen LogP contribution in [0.15, 0.2) is 45.9 Å². The van der Waals surface area contributed by atoms with Crippen LogP contribution < -0.4 is 0 Å². The molecule has 0 bridgehead atoms. The SMILES string of the molecule is N#C/C(=C\c1ccco1)C(=O)c1cccs1. The van der Waals surface area contributed by atoms with Gasteiger partial charge in [0.15, 0.2) is 0 Å². The van der Waals surface area contributed by atoms with Crippen molar-refractivity contribution in [1.82, 2.24) is 0 Å². The molecular formula is C12H7NO2S. The van der Waals surface area contributed by atoms with Gasteiger partial charge in [0, 0.05) is 6.08 Å². The van der Waals surface area contributed by atoms with Crippen LogP contribution in [0.1, 0.15) is 15.4 Å². The molecule has 4 heteroatoms. The minimum atomic E-state index is -0.270. The van der Waals surface area contributed by atoms with Crippen molar-refractivity contribution in [1.29, 1.82) is 5.26 Å². The number of furan rings is 1. The third kappa shape index (κ3) is 2.10. The second-order valence-corrected chi connectivity index (χ2v) is 3.94. The molecule has 2 aromatic rings. The molecule has 0 atom stereocenters. The molecule has 0 radical (unpaired) electrons. The van der Waals surface area contributed by atoms with Crippen molar-refractivity contribution >= 4 is 23.2 Å². The molecule has 0 unspecified atom stereocenters. The van der Waals surface area contributed by atoms with Gasteiger partial charge in [0.2, 0.25) is 5.78 Å². The largest absolute Gasteiger partial charge is 0.465 e. The number of carbonyl (C=O) groups excluding carboxylic acids is 1. The van der Waals surface area contributed by atoms with E-state index in [0.717, 1.165) is 0 Å². The van der Waals surface area contributed by atoms with E-state index in [2.05, 4.69) is 0 Å². The van der Waals surface area contributed by atoms with Crippen molar-refractivity contribution in [2.45, 2.75) is 0 Å². The number of nitriles is 1. The van der Waals surface area contributed by atoms with Gasteiger partial charge in [-0.25, -0.2) is 0 Å². The zero-order valence-electron chi connectivity index (χ0n) is 8.21. The van der Waals surface area contributed by atoms with E-state index >= 15 is 0 Å². The number of carbonyl (C=O) groups is 1. The molecule has 0 aliphatic heterocycles. The van der Waals surface area contributed by atoms with Gasteiger partial charge in [-0.2, -0.15) is 5.26 Å². The van der Waals surface area contributed by atoms with Crippen molar-refractivity contribution in [3.05, 3.63) is 52.1 Å². The molecule has 0 fully saturated rings. The van der Waals surface area contributed by atoms with Crippen molar-refractivity contribution in [3.8, 4) is 6.07 Å². The summed E-state index contributed by atoms with van der Waals surface area (Å²) in [5.41, 5.74) is 0.0809. The Bertz CT molecular complexity index is 544. The van der Waals surface area contributed by atoms with Gasteiger partial charge in [-0.15, -0.1) is 11.3 Å². The summed E-state index contributed by atoms with van der Waals surface area (Å²) >= 11 is 1.32. The summed E-state index contributed by atoms with van der Waals surface area (Å²) in [6.45, 7) is 0. The lowest BCUT2D eigenvalue weighted by Crippen LogP contribution is -1.98. The van der Waals surface area contributed by atoms with Crippen LogP contribution in [0.5, 0.6) is 0 Å². The predicted octanol–water partition coefficient (Wildman–Crippen LogP) is 3.13. The van der Waals surface area contributed by atoms with E-state index in [0.29, 0.717) is 10.6 Å². The Morgan fingerprint density at radius 2 is 2.31 bits per heavy atom. The Morgan fingerprint density at radius 1 is 1.44 bits per heavy atom. The highest BCUT2D eigenvalue weighted by Crippen LogP contribution is 2.16. The van der Waals surface area contributed by atoms with Crippen LogP contribution in [0.4, 0.5) is 0 Å². The second kappa shape index (κ2) is 4.60. The third-order valence-electron chi connectivity index (χ3n) is 1.94. The van der Waals surface area contributed by atoms with Crippen LogP contribution in [0.25, 0.3) is 6.08 Å². The van der Waals surface area contributed by atoms with Crippen LogP contribution in [-0.4, -0.2) is 5.78 Å². The highest BCUT2D eigenvalue weighted by molar-refractivity contribution is 7.12. The number of Topliss-reactive ketones (excluding diaryl/α,β-unsaturated/α-hetero) is 1. The molecule has 0 spiro atoms. The van der Waals surface area contributed by atoms with Crippen molar-refractivity contribution in [2.24, 2.45) is 0 Å². The van der Waals surface area contributed by atoms with Crippen molar-refractivity contribution < 1.29 is 9.21 Å². The topological polar surface area (TPSA) is 54.0 Å². The van der Waals surface area contributed by atoms with Gasteiger partial charge in [-0.1, -0.05) is 6.07 Å². The molecule has 2 aromatic heterocycles. The number of rotatable bonds is 3. The first-order valence-corrected chi connectivity index (χ1v) is 5.43. The molecule has 0 N–H and O–H groups in total. The van der Waals surface area contributed by atoms with Crippen LogP contribution in [0.3, 0.4) is 0 Å². The van der Waals surface area contributed by atoms with Gasteiger partial charge in [0.25, 0.3) is 0 Å². The van der Waals surface area contributed by atoms with E-state index in [4.69, 9.17) is 9.68 Å². The maximum Gasteiger partial charge on any atom is 0.213 e. The van der Waals surface area contributed by atoms with E-state index in [1.165, 1.54) is 23.7 Å². The van der Waals surface area contributed by atoms with Gasteiger partial charge in [0.05, 0.1) is 11.1 Å². The highest BCUT2D eigenvalue weighted by Gasteiger charge is 2.13. The number of ketones is 1. The molecule has 0 aliphatic carbocycles. The summed E-state index contributed by atoms with van der Waals surface area (Å²) in [7, 11) is 0. The minimum Gasteiger partial charge on any atom is -0.465 e. The maximum absolute atomic E-state index is 11.8. The van der Waals surface area contributed by atoms with Gasteiger partial charge >= 0.3 is 0 Å². The zero-order valence-corrected chi connectivity index (χ0v) is 9.03. The summed E-state index contributed by atoms with van der Waals surface area (Å²) in [5, 5.41) is 10.7. The van der Waals surface area contributed by atoms with Gasteiger partial charge in [0.1, 0.15) is 17.4 Å². The Kier molecular flexibility index (Phi) is 2.99. The standard InChI is InChI=1S/C12H7NO2S/c13-8-9(7-10-3-1-5-15-10)12(14)11-4-2-6-16-11/h1-7H/b9-7+. The highest BCUT2D eigenvalue weighted by atomic mass is 32.1. The molecule has 16 heavy (non-hydrogen) atoms. The summed E-state index contributed by atoms with van der Waals surface area (Å²) < 4.78 is 5.06. The molecular weight excluding hydrogens is 222 g/mol. The average Bonchev–Trinajstić information content (AvgIpc) is 2.97. The first-order chi connectivity index (χ1) is 7.81. The number of hydrogen-bond acceptors (Lipinski definition) is 4. The van der Waals surface area contributed by atoms with Crippen LogP contribution in [0.2, 0.25) is 0 Å². The Morgan fingerprint density at radius 3 is 2.88 bits per heavy atom. The number of nitrogens with zero attached hydrogens (tertiary/aromatic N) is 1. The summed E-state index contributed by atoms with van der Waals surface area (Å²) in [4.78, 5) is 12.4. The normalized spacial score (nSPS) is 11.1. The van der Waals surface area contributed by atoms with Gasteiger partial charge < -0.3 is 4.42 Å². The van der Waals surface area contributed by atoms with Crippen LogP contribution in [-0.2, 0) is 0 Å². The Balaban J connectivity index is 2.32. The first-order valence-electron chi connectivity index (χ1n) is 4.55. The van der Waals surface area contributed by atoms with E-state index in [9.17, 15) is 4.79 Å². The molecule has 0 saturated heterocycles. The summed E-state index contributed by atoms with van der Waals surface area (Å²) in [5.74, 6) is 0.232. The molecule has 2 heterocycles. The van der Waals surface area contributed by atoms with E-state index in [1.54, 1.807) is 29.6 Å². The zero-order chi connectivity index (χ0) is 11.4. The van der Waals surface area contributed by atoms with Gasteiger partial charge in [-0.05, 0) is 23.6 Å². The lowest BCUT2D eigenvalue weighted by atomic mass is 10.1. The summed E-state index contributed by atoms with van der Waals surface area (Å²) in [6.07, 6.45) is 2.94. The number of thiophene rings is 1. The van der Waals surface area contributed by atoms with Gasteiger partial charge in [-0.3, -0.25) is 4.79 Å². The fraction of sp³-hybridized carbons (Fsp3) is 0. The fourth-order valence-corrected chi connectivity index (χ4v) is 1.88.